The second kappa shape index (κ2) is 10.6. The minimum absolute atomic E-state index is 0.179. The third-order valence-corrected chi connectivity index (χ3v) is 5.97. The predicted molar refractivity (Wildman–Crippen MR) is 127 cm³/mol. The first-order valence-electron chi connectivity index (χ1n) is 10.6. The Hall–Kier alpha value is -2.60. The standard InChI is InChI=1S/C25H30BrN3O2/c1-4-25(2,3)15-21-17-27-23(29-21)22(14-18-10-12-20(26)13-11-18)31-24(30)28-16-19-8-6-5-7-9-19/h5-13,17,22H,4,14-16H2,1-3H3,(H,27,29)(H,28,30). The maximum absolute atomic E-state index is 12.5. The normalized spacial score (nSPS) is 12.4. The zero-order valence-electron chi connectivity index (χ0n) is 18.3. The van der Waals surface area contributed by atoms with Crippen LogP contribution in [-0.4, -0.2) is 16.1 Å². The second-order valence-corrected chi connectivity index (χ2v) is 9.47. The van der Waals surface area contributed by atoms with Gasteiger partial charge >= 0.3 is 6.09 Å². The Bertz CT molecular complexity index is 968. The molecule has 0 spiro atoms. The number of hydrogen-bond acceptors (Lipinski definition) is 3. The van der Waals surface area contributed by atoms with E-state index in [1.54, 1.807) is 0 Å². The summed E-state index contributed by atoms with van der Waals surface area (Å²) >= 11 is 3.46. The second-order valence-electron chi connectivity index (χ2n) is 8.55. The van der Waals surface area contributed by atoms with Crippen molar-refractivity contribution in [1.82, 2.24) is 15.3 Å². The van der Waals surface area contributed by atoms with Crippen molar-refractivity contribution < 1.29 is 9.53 Å². The molecule has 0 saturated heterocycles. The Morgan fingerprint density at radius 2 is 1.84 bits per heavy atom. The molecule has 164 valence electrons. The lowest BCUT2D eigenvalue weighted by Crippen LogP contribution is -2.26. The minimum atomic E-state index is -0.504. The van der Waals surface area contributed by atoms with E-state index in [9.17, 15) is 4.79 Å². The molecule has 0 fully saturated rings. The molecule has 3 aromatic rings. The highest BCUT2D eigenvalue weighted by Crippen LogP contribution is 2.27. The van der Waals surface area contributed by atoms with Crippen LogP contribution in [0.4, 0.5) is 4.79 Å². The number of halogens is 1. The molecule has 2 aromatic carbocycles. The monoisotopic (exact) mass is 483 g/mol. The fourth-order valence-electron chi connectivity index (χ4n) is 3.24. The zero-order chi connectivity index (χ0) is 22.3. The fraction of sp³-hybridized carbons (Fsp3) is 0.360. The number of hydrogen-bond donors (Lipinski definition) is 2. The van der Waals surface area contributed by atoms with E-state index in [-0.39, 0.29) is 5.41 Å². The van der Waals surface area contributed by atoms with Crippen LogP contribution in [0.2, 0.25) is 0 Å². The predicted octanol–water partition coefficient (Wildman–Crippen LogP) is 6.36. The van der Waals surface area contributed by atoms with E-state index in [1.807, 2.05) is 60.8 Å². The summed E-state index contributed by atoms with van der Waals surface area (Å²) in [7, 11) is 0. The number of aromatic amines is 1. The number of H-pyrrole nitrogens is 1. The number of carbonyl (C=O) groups excluding carboxylic acids is 1. The van der Waals surface area contributed by atoms with Crippen LogP contribution in [0, 0.1) is 5.41 Å². The maximum atomic E-state index is 12.5. The van der Waals surface area contributed by atoms with E-state index in [0.29, 0.717) is 18.8 Å². The van der Waals surface area contributed by atoms with Crippen LogP contribution >= 0.6 is 15.9 Å². The molecule has 1 unspecified atom stereocenters. The van der Waals surface area contributed by atoms with E-state index >= 15 is 0 Å². The van der Waals surface area contributed by atoms with Crippen molar-refractivity contribution in [1.29, 1.82) is 0 Å². The topological polar surface area (TPSA) is 67.0 Å². The van der Waals surface area contributed by atoms with Crippen LogP contribution in [0.1, 0.15) is 55.9 Å². The smallest absolute Gasteiger partial charge is 0.408 e. The van der Waals surface area contributed by atoms with Gasteiger partial charge < -0.3 is 15.0 Å². The van der Waals surface area contributed by atoms with Crippen molar-refractivity contribution in [3.63, 3.8) is 0 Å². The first-order valence-corrected chi connectivity index (χ1v) is 11.4. The van der Waals surface area contributed by atoms with E-state index in [1.165, 1.54) is 0 Å². The van der Waals surface area contributed by atoms with Crippen LogP contribution in [0.5, 0.6) is 0 Å². The van der Waals surface area contributed by atoms with Gasteiger partial charge in [0.1, 0.15) is 5.82 Å². The van der Waals surface area contributed by atoms with E-state index < -0.39 is 12.2 Å². The number of nitrogens with one attached hydrogen (secondary N) is 2. The van der Waals surface area contributed by atoms with Gasteiger partial charge in [-0.05, 0) is 35.1 Å². The fourth-order valence-corrected chi connectivity index (χ4v) is 3.50. The summed E-state index contributed by atoms with van der Waals surface area (Å²) < 4.78 is 6.82. The highest BCUT2D eigenvalue weighted by Gasteiger charge is 2.23. The van der Waals surface area contributed by atoms with Crippen molar-refractivity contribution in [2.45, 2.75) is 52.7 Å². The van der Waals surface area contributed by atoms with Gasteiger partial charge in [0, 0.05) is 29.3 Å². The van der Waals surface area contributed by atoms with Crippen molar-refractivity contribution in [3.8, 4) is 0 Å². The van der Waals surface area contributed by atoms with Crippen molar-refractivity contribution >= 4 is 22.0 Å². The maximum Gasteiger partial charge on any atom is 0.408 e. The Kier molecular flexibility index (Phi) is 7.91. The number of aromatic nitrogens is 2. The molecule has 1 heterocycles. The highest BCUT2D eigenvalue weighted by molar-refractivity contribution is 9.10. The highest BCUT2D eigenvalue weighted by atomic mass is 79.9. The van der Waals surface area contributed by atoms with E-state index in [2.05, 4.69) is 52.0 Å². The number of ether oxygens (including phenoxy) is 1. The van der Waals surface area contributed by atoms with Gasteiger partial charge in [0.2, 0.25) is 0 Å². The number of amides is 1. The SMILES string of the molecule is CCC(C)(C)Cc1cnc(C(Cc2ccc(Br)cc2)OC(=O)NCc2ccccc2)[nH]1. The van der Waals surface area contributed by atoms with Gasteiger partial charge in [-0.15, -0.1) is 0 Å². The zero-order valence-corrected chi connectivity index (χ0v) is 19.9. The molecule has 2 N–H and O–H groups in total. The molecule has 0 saturated carbocycles. The molecule has 1 atom stereocenters. The van der Waals surface area contributed by atoms with Crippen LogP contribution in [0.3, 0.4) is 0 Å². The van der Waals surface area contributed by atoms with Crippen molar-refractivity contribution in [2.75, 3.05) is 0 Å². The first-order chi connectivity index (χ1) is 14.8. The number of alkyl carbamates (subject to hydrolysis) is 1. The van der Waals surface area contributed by atoms with Crippen molar-refractivity contribution in [3.05, 3.63) is 87.9 Å². The summed E-state index contributed by atoms with van der Waals surface area (Å²) in [6.45, 7) is 7.08. The molecule has 0 aliphatic rings. The lowest BCUT2D eigenvalue weighted by atomic mass is 9.85. The summed E-state index contributed by atoms with van der Waals surface area (Å²) in [6, 6.07) is 17.8. The summed E-state index contributed by atoms with van der Waals surface area (Å²) in [5.74, 6) is 0.666. The molecule has 6 heteroatoms. The van der Waals surface area contributed by atoms with Crippen molar-refractivity contribution in [2.24, 2.45) is 5.41 Å². The lowest BCUT2D eigenvalue weighted by Gasteiger charge is -2.21. The minimum Gasteiger partial charge on any atom is -0.438 e. The van der Waals surface area contributed by atoms with E-state index in [0.717, 1.165) is 34.1 Å². The molecule has 1 amide bonds. The van der Waals surface area contributed by atoms with Gasteiger partial charge in [0.25, 0.3) is 0 Å². The van der Waals surface area contributed by atoms with Gasteiger partial charge in [-0.3, -0.25) is 0 Å². The number of imidazole rings is 1. The third-order valence-electron chi connectivity index (χ3n) is 5.44. The Labute approximate surface area is 192 Å². The van der Waals surface area contributed by atoms with E-state index in [4.69, 9.17) is 4.74 Å². The molecule has 0 aliphatic carbocycles. The summed E-state index contributed by atoms with van der Waals surface area (Å²) in [6.07, 6.45) is 3.39. The Morgan fingerprint density at radius 3 is 2.52 bits per heavy atom. The number of carbonyl (C=O) groups is 1. The van der Waals surface area contributed by atoms with Crippen LogP contribution in [-0.2, 0) is 24.1 Å². The van der Waals surface area contributed by atoms with Crippen LogP contribution < -0.4 is 5.32 Å². The van der Waals surface area contributed by atoms with Gasteiger partial charge in [0.05, 0.1) is 0 Å². The molecule has 31 heavy (non-hydrogen) atoms. The summed E-state index contributed by atoms with van der Waals surface area (Å²) in [5.41, 5.74) is 3.32. The Morgan fingerprint density at radius 1 is 1.13 bits per heavy atom. The molecular formula is C25H30BrN3O2. The quantitative estimate of drug-likeness (QED) is 0.371. The number of nitrogens with zero attached hydrogens (tertiary/aromatic N) is 1. The molecule has 0 radical (unpaired) electrons. The molecule has 3 rings (SSSR count). The Balaban J connectivity index is 1.72. The lowest BCUT2D eigenvalue weighted by molar-refractivity contribution is 0.0926. The third kappa shape index (κ3) is 7.24. The number of rotatable bonds is 9. The molecule has 0 bridgehead atoms. The molecule has 1 aromatic heterocycles. The summed E-state index contributed by atoms with van der Waals surface area (Å²) in [5, 5.41) is 2.84. The molecular weight excluding hydrogens is 454 g/mol. The van der Waals surface area contributed by atoms with Gasteiger partial charge in [-0.25, -0.2) is 9.78 Å². The average molecular weight is 484 g/mol. The summed E-state index contributed by atoms with van der Waals surface area (Å²) in [4.78, 5) is 20.5. The van der Waals surface area contributed by atoms with Crippen LogP contribution in [0.15, 0.2) is 65.3 Å². The first kappa shape index (κ1) is 23.1. The number of benzene rings is 2. The largest absolute Gasteiger partial charge is 0.438 e. The van der Waals surface area contributed by atoms with Gasteiger partial charge in [-0.2, -0.15) is 0 Å². The van der Waals surface area contributed by atoms with Crippen LogP contribution in [0.25, 0.3) is 0 Å². The van der Waals surface area contributed by atoms with Gasteiger partial charge in [-0.1, -0.05) is 85.6 Å². The molecule has 5 nitrogen and oxygen atoms in total. The van der Waals surface area contributed by atoms with Gasteiger partial charge in [0.15, 0.2) is 6.10 Å². The molecule has 0 aliphatic heterocycles. The average Bonchev–Trinajstić information content (AvgIpc) is 3.22.